The van der Waals surface area contributed by atoms with E-state index in [1.54, 1.807) is 6.33 Å². The Morgan fingerprint density at radius 2 is 2.21 bits per heavy atom. The van der Waals surface area contributed by atoms with E-state index in [-0.39, 0.29) is 5.60 Å². The summed E-state index contributed by atoms with van der Waals surface area (Å²) >= 11 is 0. The standard InChI is InChI=1S/C11H12N2O/c1-2-11(7-4-12-6-13-5-7)9-3-8(9)10(1)14-11/h4-6,8-10H,1-3H2. The Hall–Kier alpha value is -0.960. The molecule has 3 aliphatic rings. The largest absolute Gasteiger partial charge is 0.366 e. The minimum atomic E-state index is 0.0105. The van der Waals surface area contributed by atoms with Gasteiger partial charge in [-0.25, -0.2) is 9.97 Å². The van der Waals surface area contributed by atoms with Gasteiger partial charge in [-0.15, -0.1) is 0 Å². The quantitative estimate of drug-likeness (QED) is 0.670. The summed E-state index contributed by atoms with van der Waals surface area (Å²) in [6.45, 7) is 0. The molecule has 0 amide bonds. The maximum atomic E-state index is 6.13. The number of hydrogen-bond donors (Lipinski definition) is 0. The highest BCUT2D eigenvalue weighted by atomic mass is 16.5. The Balaban J connectivity index is 1.84. The van der Waals surface area contributed by atoms with Gasteiger partial charge >= 0.3 is 0 Å². The minimum Gasteiger partial charge on any atom is -0.366 e. The fourth-order valence-electron chi connectivity index (χ4n) is 3.42. The van der Waals surface area contributed by atoms with E-state index in [1.165, 1.54) is 24.8 Å². The summed E-state index contributed by atoms with van der Waals surface area (Å²) in [6.07, 6.45) is 9.75. The molecule has 4 rings (SSSR count). The second-order valence-electron chi connectivity index (χ2n) is 4.72. The topological polar surface area (TPSA) is 35.0 Å². The van der Waals surface area contributed by atoms with Crippen molar-refractivity contribution in [1.82, 2.24) is 9.97 Å². The fourth-order valence-corrected chi connectivity index (χ4v) is 3.42. The molecule has 1 saturated carbocycles. The zero-order valence-electron chi connectivity index (χ0n) is 7.89. The van der Waals surface area contributed by atoms with Crippen LogP contribution in [0.1, 0.15) is 24.8 Å². The number of hydrogen-bond acceptors (Lipinski definition) is 3. The second-order valence-corrected chi connectivity index (χ2v) is 4.72. The van der Waals surface area contributed by atoms with Gasteiger partial charge in [-0.05, 0) is 31.1 Å². The lowest BCUT2D eigenvalue weighted by atomic mass is 9.84. The van der Waals surface area contributed by atoms with Gasteiger partial charge < -0.3 is 4.74 Å². The maximum absolute atomic E-state index is 6.13. The lowest BCUT2D eigenvalue weighted by Gasteiger charge is -2.26. The summed E-state index contributed by atoms with van der Waals surface area (Å²) in [5.74, 6) is 1.62. The van der Waals surface area contributed by atoms with Crippen LogP contribution in [0.15, 0.2) is 18.7 Å². The van der Waals surface area contributed by atoms with Gasteiger partial charge in [0.1, 0.15) is 6.33 Å². The zero-order valence-corrected chi connectivity index (χ0v) is 7.89. The van der Waals surface area contributed by atoms with Crippen LogP contribution in [0.4, 0.5) is 0 Å². The van der Waals surface area contributed by atoms with E-state index in [9.17, 15) is 0 Å². The first-order valence-corrected chi connectivity index (χ1v) is 5.33. The Labute approximate surface area is 82.5 Å². The lowest BCUT2D eigenvalue weighted by molar-refractivity contribution is -0.0214. The summed E-state index contributed by atoms with van der Waals surface area (Å²) in [7, 11) is 0. The predicted molar refractivity (Wildman–Crippen MR) is 49.4 cm³/mol. The van der Waals surface area contributed by atoms with Gasteiger partial charge in [0.2, 0.25) is 0 Å². The van der Waals surface area contributed by atoms with Crippen LogP contribution in [0.5, 0.6) is 0 Å². The molecule has 0 N–H and O–H groups in total. The highest BCUT2D eigenvalue weighted by molar-refractivity contribution is 5.27. The molecule has 3 heterocycles. The molecule has 1 aromatic rings. The summed E-state index contributed by atoms with van der Waals surface area (Å²) in [6, 6.07) is 0. The molecule has 2 saturated heterocycles. The van der Waals surface area contributed by atoms with Crippen LogP contribution >= 0.6 is 0 Å². The van der Waals surface area contributed by atoms with Crippen molar-refractivity contribution in [3.8, 4) is 0 Å². The Morgan fingerprint density at radius 1 is 1.36 bits per heavy atom. The Morgan fingerprint density at radius 3 is 2.93 bits per heavy atom. The average molecular weight is 188 g/mol. The van der Waals surface area contributed by atoms with Gasteiger partial charge in [0.15, 0.2) is 0 Å². The summed E-state index contributed by atoms with van der Waals surface area (Å²) in [4.78, 5) is 8.21. The molecule has 0 aromatic carbocycles. The third kappa shape index (κ3) is 0.694. The van der Waals surface area contributed by atoms with E-state index in [2.05, 4.69) is 9.97 Å². The number of ether oxygens (including phenoxy) is 1. The average Bonchev–Trinajstić information content (AvgIpc) is 2.89. The van der Waals surface area contributed by atoms with Gasteiger partial charge in [-0.2, -0.15) is 0 Å². The first-order valence-electron chi connectivity index (χ1n) is 5.33. The summed E-state index contributed by atoms with van der Waals surface area (Å²) in [5.41, 5.74) is 1.21. The van der Waals surface area contributed by atoms with Crippen LogP contribution in [-0.2, 0) is 10.3 Å². The Kier molecular flexibility index (Phi) is 1.14. The first kappa shape index (κ1) is 7.35. The van der Waals surface area contributed by atoms with Crippen molar-refractivity contribution in [3.05, 3.63) is 24.3 Å². The molecule has 3 nitrogen and oxygen atoms in total. The van der Waals surface area contributed by atoms with Crippen molar-refractivity contribution in [2.45, 2.75) is 31.0 Å². The minimum absolute atomic E-state index is 0.0105. The molecule has 0 radical (unpaired) electrons. The van der Waals surface area contributed by atoms with Crippen molar-refractivity contribution >= 4 is 0 Å². The number of nitrogens with zero attached hydrogens (tertiary/aromatic N) is 2. The van der Waals surface area contributed by atoms with Crippen molar-refractivity contribution in [2.75, 3.05) is 0 Å². The smallest absolute Gasteiger partial charge is 0.115 e. The van der Waals surface area contributed by atoms with Crippen LogP contribution in [-0.4, -0.2) is 16.1 Å². The van der Waals surface area contributed by atoms with E-state index in [4.69, 9.17) is 4.74 Å². The van der Waals surface area contributed by atoms with E-state index in [0.29, 0.717) is 6.10 Å². The lowest BCUT2D eigenvalue weighted by Crippen LogP contribution is -2.25. The van der Waals surface area contributed by atoms with E-state index < -0.39 is 0 Å². The van der Waals surface area contributed by atoms with Gasteiger partial charge in [0.05, 0.1) is 11.7 Å². The van der Waals surface area contributed by atoms with E-state index in [1.807, 2.05) is 12.4 Å². The van der Waals surface area contributed by atoms with E-state index in [0.717, 1.165) is 11.8 Å². The highest BCUT2D eigenvalue weighted by Gasteiger charge is 2.68. The van der Waals surface area contributed by atoms with Crippen LogP contribution in [0.25, 0.3) is 0 Å². The molecule has 72 valence electrons. The molecule has 3 fully saturated rings. The molecule has 14 heavy (non-hydrogen) atoms. The molecular weight excluding hydrogens is 176 g/mol. The van der Waals surface area contributed by atoms with Gasteiger partial charge in [-0.1, -0.05) is 0 Å². The molecule has 2 aliphatic heterocycles. The third-order valence-electron chi connectivity index (χ3n) is 4.13. The van der Waals surface area contributed by atoms with Crippen molar-refractivity contribution in [3.63, 3.8) is 0 Å². The van der Waals surface area contributed by atoms with Gasteiger partial charge in [0.25, 0.3) is 0 Å². The number of rotatable bonds is 1. The first-order chi connectivity index (χ1) is 6.90. The molecule has 4 unspecified atom stereocenters. The SMILES string of the molecule is c1ncc(C23CCC(O2)C2CC23)cn1. The molecule has 0 spiro atoms. The Bertz CT molecular complexity index is 380. The van der Waals surface area contributed by atoms with Crippen LogP contribution in [0.2, 0.25) is 0 Å². The normalized spacial score (nSPS) is 47.9. The molecule has 3 heteroatoms. The second kappa shape index (κ2) is 2.16. The van der Waals surface area contributed by atoms with Crippen molar-refractivity contribution in [2.24, 2.45) is 11.8 Å². The molecule has 4 atom stereocenters. The molecular formula is C11H12N2O. The number of aromatic nitrogens is 2. The number of fused-ring (bicyclic) bond motifs is 5. The predicted octanol–water partition coefficient (Wildman–Crippen LogP) is 1.50. The highest BCUT2D eigenvalue weighted by Crippen LogP contribution is 2.68. The maximum Gasteiger partial charge on any atom is 0.115 e. The van der Waals surface area contributed by atoms with Gasteiger partial charge in [0, 0.05) is 18.0 Å². The van der Waals surface area contributed by atoms with Crippen LogP contribution < -0.4 is 0 Å². The molecule has 2 bridgehead atoms. The third-order valence-corrected chi connectivity index (χ3v) is 4.13. The van der Waals surface area contributed by atoms with E-state index >= 15 is 0 Å². The summed E-state index contributed by atoms with van der Waals surface area (Å²) in [5, 5.41) is 0. The molecule has 1 aromatic heterocycles. The zero-order chi connectivity index (χ0) is 9.17. The molecule has 1 aliphatic carbocycles. The van der Waals surface area contributed by atoms with Crippen molar-refractivity contribution < 1.29 is 4.74 Å². The van der Waals surface area contributed by atoms with Crippen molar-refractivity contribution in [1.29, 1.82) is 0 Å². The fraction of sp³-hybridized carbons (Fsp3) is 0.636. The summed E-state index contributed by atoms with van der Waals surface area (Å²) < 4.78 is 6.13. The van der Waals surface area contributed by atoms with Crippen LogP contribution in [0, 0.1) is 11.8 Å². The monoisotopic (exact) mass is 188 g/mol. The van der Waals surface area contributed by atoms with Gasteiger partial charge in [-0.3, -0.25) is 0 Å². The van der Waals surface area contributed by atoms with Crippen LogP contribution in [0.3, 0.4) is 0 Å².